The molecule has 1 heterocycles. The minimum Gasteiger partial charge on any atom is -0.375 e. The van der Waals surface area contributed by atoms with Crippen LogP contribution in [0, 0.1) is 0 Å². The third-order valence-corrected chi connectivity index (χ3v) is 2.94. The molecule has 0 spiro atoms. The maximum atomic E-state index is 5.57. The minimum atomic E-state index is 0.218. The van der Waals surface area contributed by atoms with Crippen molar-refractivity contribution in [3.8, 4) is 0 Å². The molecule has 0 aromatic heterocycles. The van der Waals surface area contributed by atoms with E-state index in [4.69, 9.17) is 10.6 Å². The fraction of sp³-hybridized carbons (Fsp3) is 0.750. The Labute approximate surface area is 77.7 Å². The van der Waals surface area contributed by atoms with Crippen molar-refractivity contribution in [3.05, 3.63) is 12.7 Å². The normalized spacial score (nSPS) is 26.6. The van der Waals surface area contributed by atoms with Gasteiger partial charge in [-0.1, -0.05) is 6.08 Å². The number of hydrogen-bond acceptors (Lipinski definition) is 4. The first-order valence-corrected chi connectivity index (χ1v) is 5.30. The van der Waals surface area contributed by atoms with Crippen molar-refractivity contribution in [3.63, 3.8) is 0 Å². The van der Waals surface area contributed by atoms with E-state index in [1.807, 2.05) is 17.8 Å². The predicted molar refractivity (Wildman–Crippen MR) is 53.0 cm³/mol. The lowest BCUT2D eigenvalue weighted by Gasteiger charge is -2.28. The summed E-state index contributed by atoms with van der Waals surface area (Å²) in [7, 11) is 0. The third kappa shape index (κ3) is 2.79. The fourth-order valence-corrected chi connectivity index (χ4v) is 2.19. The van der Waals surface area contributed by atoms with Crippen LogP contribution in [0.15, 0.2) is 12.7 Å². The van der Waals surface area contributed by atoms with Crippen molar-refractivity contribution in [1.29, 1.82) is 0 Å². The zero-order chi connectivity index (χ0) is 8.81. The van der Waals surface area contributed by atoms with Crippen LogP contribution in [0.5, 0.6) is 0 Å². The number of ether oxygens (including phenoxy) is 1. The molecule has 3 N–H and O–H groups in total. The van der Waals surface area contributed by atoms with Gasteiger partial charge in [0.15, 0.2) is 0 Å². The molecule has 2 atom stereocenters. The number of thioether (sulfide) groups is 1. The van der Waals surface area contributed by atoms with Crippen molar-refractivity contribution in [2.24, 2.45) is 5.84 Å². The van der Waals surface area contributed by atoms with E-state index < -0.39 is 0 Å². The molecule has 0 radical (unpaired) electrons. The van der Waals surface area contributed by atoms with E-state index in [-0.39, 0.29) is 12.1 Å². The molecule has 1 saturated heterocycles. The second-order valence-corrected chi connectivity index (χ2v) is 3.93. The van der Waals surface area contributed by atoms with E-state index in [9.17, 15) is 0 Å². The Hall–Kier alpha value is -0.0300. The Morgan fingerprint density at radius 3 is 3.17 bits per heavy atom. The number of nitrogens with one attached hydrogen (secondary N) is 1. The second kappa shape index (κ2) is 5.59. The zero-order valence-electron chi connectivity index (χ0n) is 7.16. The van der Waals surface area contributed by atoms with Crippen LogP contribution in [-0.4, -0.2) is 30.3 Å². The van der Waals surface area contributed by atoms with E-state index in [0.29, 0.717) is 0 Å². The quantitative estimate of drug-likeness (QED) is 0.384. The van der Waals surface area contributed by atoms with Gasteiger partial charge in [-0.3, -0.25) is 11.3 Å². The Morgan fingerprint density at radius 2 is 2.67 bits per heavy atom. The van der Waals surface area contributed by atoms with Crippen LogP contribution in [0.2, 0.25) is 0 Å². The Kier molecular flexibility index (Phi) is 4.68. The monoisotopic (exact) mass is 188 g/mol. The van der Waals surface area contributed by atoms with Crippen LogP contribution >= 0.6 is 11.8 Å². The summed E-state index contributed by atoms with van der Waals surface area (Å²) in [6.45, 7) is 4.52. The van der Waals surface area contributed by atoms with Gasteiger partial charge in [0.1, 0.15) is 0 Å². The van der Waals surface area contributed by atoms with Crippen LogP contribution < -0.4 is 11.3 Å². The molecular weight excluding hydrogens is 172 g/mol. The summed E-state index contributed by atoms with van der Waals surface area (Å²) < 4.78 is 5.57. The van der Waals surface area contributed by atoms with Crippen LogP contribution in [0.4, 0.5) is 0 Å². The van der Waals surface area contributed by atoms with Gasteiger partial charge in [-0.15, -0.1) is 6.58 Å². The van der Waals surface area contributed by atoms with Gasteiger partial charge in [0.25, 0.3) is 0 Å². The predicted octanol–water partition coefficient (Wildman–Crippen LogP) is 0.526. The van der Waals surface area contributed by atoms with Crippen molar-refractivity contribution in [2.45, 2.75) is 18.6 Å². The van der Waals surface area contributed by atoms with Gasteiger partial charge in [0, 0.05) is 11.5 Å². The van der Waals surface area contributed by atoms with Gasteiger partial charge >= 0.3 is 0 Å². The number of hydrogen-bond donors (Lipinski definition) is 2. The van der Waals surface area contributed by atoms with Crippen molar-refractivity contribution >= 4 is 11.8 Å². The summed E-state index contributed by atoms with van der Waals surface area (Å²) in [5.41, 5.74) is 2.76. The van der Waals surface area contributed by atoms with Crippen molar-refractivity contribution in [2.75, 3.05) is 18.1 Å². The lowest BCUT2D eigenvalue weighted by Crippen LogP contribution is -2.47. The first-order chi connectivity index (χ1) is 5.88. The highest BCUT2D eigenvalue weighted by atomic mass is 32.2. The lowest BCUT2D eigenvalue weighted by molar-refractivity contribution is 0.0479. The highest BCUT2D eigenvalue weighted by Crippen LogP contribution is 2.16. The van der Waals surface area contributed by atoms with E-state index in [1.165, 1.54) is 0 Å². The topological polar surface area (TPSA) is 47.3 Å². The average molecular weight is 188 g/mol. The highest BCUT2D eigenvalue weighted by Gasteiger charge is 2.22. The van der Waals surface area contributed by atoms with Crippen LogP contribution in [0.25, 0.3) is 0 Å². The summed E-state index contributed by atoms with van der Waals surface area (Å²) in [6, 6.07) is 0.218. The zero-order valence-corrected chi connectivity index (χ0v) is 7.98. The molecule has 70 valence electrons. The SMILES string of the molecule is C=CCC(NN)C1CSCCO1. The third-order valence-electron chi connectivity index (χ3n) is 1.93. The molecule has 4 heteroatoms. The maximum absolute atomic E-state index is 5.57. The molecule has 12 heavy (non-hydrogen) atoms. The standard InChI is InChI=1S/C8H16N2OS/c1-2-3-7(10-9)8-6-12-5-4-11-8/h2,7-8,10H,1,3-6,9H2. The first-order valence-electron chi connectivity index (χ1n) is 4.15. The second-order valence-electron chi connectivity index (χ2n) is 2.78. The Morgan fingerprint density at radius 1 is 1.83 bits per heavy atom. The average Bonchev–Trinajstić information content (AvgIpc) is 2.15. The summed E-state index contributed by atoms with van der Waals surface area (Å²) >= 11 is 1.92. The molecule has 1 fully saturated rings. The molecule has 0 aliphatic carbocycles. The molecule has 0 aromatic rings. The largest absolute Gasteiger partial charge is 0.375 e. The Bertz CT molecular complexity index is 137. The molecular formula is C8H16N2OS. The molecule has 0 aromatic carbocycles. The fourth-order valence-electron chi connectivity index (χ4n) is 1.25. The molecule has 1 rings (SSSR count). The van der Waals surface area contributed by atoms with E-state index >= 15 is 0 Å². The molecule has 1 aliphatic rings. The molecule has 0 saturated carbocycles. The summed E-state index contributed by atoms with van der Waals surface area (Å²) in [5.74, 6) is 7.53. The van der Waals surface area contributed by atoms with E-state index in [2.05, 4.69) is 12.0 Å². The highest BCUT2D eigenvalue weighted by molar-refractivity contribution is 7.99. The van der Waals surface area contributed by atoms with Crippen LogP contribution in [0.3, 0.4) is 0 Å². The molecule has 0 amide bonds. The molecule has 0 bridgehead atoms. The lowest BCUT2D eigenvalue weighted by atomic mass is 10.1. The van der Waals surface area contributed by atoms with Gasteiger partial charge in [-0.2, -0.15) is 11.8 Å². The first kappa shape index (κ1) is 10.1. The van der Waals surface area contributed by atoms with Crippen LogP contribution in [0.1, 0.15) is 6.42 Å². The Balaban J connectivity index is 2.34. The molecule has 2 unspecified atom stereocenters. The summed E-state index contributed by atoms with van der Waals surface area (Å²) in [5, 5.41) is 0. The molecule has 1 aliphatic heterocycles. The van der Waals surface area contributed by atoms with Gasteiger partial charge < -0.3 is 4.74 Å². The van der Waals surface area contributed by atoms with E-state index in [1.54, 1.807) is 0 Å². The number of rotatable bonds is 4. The van der Waals surface area contributed by atoms with E-state index in [0.717, 1.165) is 24.5 Å². The van der Waals surface area contributed by atoms with Gasteiger partial charge in [0.2, 0.25) is 0 Å². The van der Waals surface area contributed by atoms with Crippen molar-refractivity contribution < 1.29 is 4.74 Å². The number of hydrazine groups is 1. The minimum absolute atomic E-state index is 0.218. The maximum Gasteiger partial charge on any atom is 0.0835 e. The van der Waals surface area contributed by atoms with Gasteiger partial charge in [0.05, 0.1) is 18.8 Å². The van der Waals surface area contributed by atoms with Gasteiger partial charge in [-0.05, 0) is 6.42 Å². The molecule has 3 nitrogen and oxygen atoms in total. The number of nitrogens with two attached hydrogens (primary N) is 1. The summed E-state index contributed by atoms with van der Waals surface area (Å²) in [4.78, 5) is 0. The van der Waals surface area contributed by atoms with Crippen LogP contribution in [-0.2, 0) is 4.74 Å². The van der Waals surface area contributed by atoms with Crippen molar-refractivity contribution in [1.82, 2.24) is 5.43 Å². The summed E-state index contributed by atoms with van der Waals surface area (Å²) in [6.07, 6.45) is 2.97. The van der Waals surface area contributed by atoms with Gasteiger partial charge in [-0.25, -0.2) is 0 Å². The smallest absolute Gasteiger partial charge is 0.0835 e.